The highest BCUT2D eigenvalue weighted by Crippen LogP contribution is 2.41. The Morgan fingerprint density at radius 1 is 1.33 bits per heavy atom. The van der Waals surface area contributed by atoms with E-state index < -0.39 is 0 Å². The van der Waals surface area contributed by atoms with E-state index in [0.717, 1.165) is 63.9 Å². The molecule has 24 heavy (non-hydrogen) atoms. The predicted molar refractivity (Wildman–Crippen MR) is 93.9 cm³/mol. The van der Waals surface area contributed by atoms with Gasteiger partial charge in [0.15, 0.2) is 5.96 Å². The number of nitrogens with one attached hydrogen (secondary N) is 2. The summed E-state index contributed by atoms with van der Waals surface area (Å²) < 4.78 is 19.2. The van der Waals surface area contributed by atoms with Crippen LogP contribution in [0.25, 0.3) is 0 Å². The van der Waals surface area contributed by atoms with Crippen molar-refractivity contribution in [2.75, 3.05) is 45.9 Å². The van der Waals surface area contributed by atoms with E-state index in [9.17, 15) is 4.39 Å². The topological polar surface area (TPSA) is 48.9 Å². The number of aliphatic imine (C=N–C) groups is 1. The molecule has 5 nitrogen and oxygen atoms in total. The van der Waals surface area contributed by atoms with Crippen LogP contribution in [0, 0.1) is 5.82 Å². The summed E-state index contributed by atoms with van der Waals surface area (Å²) in [4.78, 5) is 7.03. The average Bonchev–Trinajstić information content (AvgIpc) is 3.35. The van der Waals surface area contributed by atoms with Crippen LogP contribution in [0.15, 0.2) is 29.3 Å². The van der Waals surface area contributed by atoms with E-state index in [-0.39, 0.29) is 17.8 Å². The van der Waals surface area contributed by atoms with Crippen molar-refractivity contribution >= 4 is 5.96 Å². The minimum Gasteiger partial charge on any atom is -0.379 e. The summed E-state index contributed by atoms with van der Waals surface area (Å²) in [5.74, 6) is 0.963. The van der Waals surface area contributed by atoms with Gasteiger partial charge < -0.3 is 15.4 Å². The maximum Gasteiger partial charge on any atom is 0.191 e. The van der Waals surface area contributed by atoms with E-state index >= 15 is 0 Å². The fourth-order valence-corrected chi connectivity index (χ4v) is 3.10. The normalized spacial score (nSPS) is 24.7. The molecule has 6 heteroatoms. The Kier molecular flexibility index (Phi) is 6.04. The van der Waals surface area contributed by atoms with Crippen LogP contribution in [-0.4, -0.2) is 62.8 Å². The molecule has 1 aromatic rings. The standard InChI is InChI=1S/C18H27FN4O/c1-2-20-18(21-7-8-23-9-11-24-12-10-23)22-17-13-15(17)14-5-3-4-6-16(14)19/h3-6,15,17H,2,7-13H2,1H3,(H2,20,21,22). The van der Waals surface area contributed by atoms with E-state index in [0.29, 0.717) is 0 Å². The Labute approximate surface area is 143 Å². The second kappa shape index (κ2) is 8.44. The monoisotopic (exact) mass is 334 g/mol. The molecule has 132 valence electrons. The third kappa shape index (κ3) is 4.68. The van der Waals surface area contributed by atoms with Crippen molar-refractivity contribution in [2.24, 2.45) is 4.99 Å². The van der Waals surface area contributed by atoms with Gasteiger partial charge in [0.2, 0.25) is 0 Å². The Morgan fingerprint density at radius 3 is 2.88 bits per heavy atom. The maximum atomic E-state index is 13.9. The van der Waals surface area contributed by atoms with Crippen LogP contribution < -0.4 is 10.6 Å². The highest BCUT2D eigenvalue weighted by molar-refractivity contribution is 5.80. The van der Waals surface area contributed by atoms with Crippen LogP contribution in [0.3, 0.4) is 0 Å². The first-order chi connectivity index (χ1) is 11.8. The number of hydrogen-bond donors (Lipinski definition) is 2. The number of nitrogens with zero attached hydrogens (tertiary/aromatic N) is 2. The van der Waals surface area contributed by atoms with Crippen molar-refractivity contribution in [3.05, 3.63) is 35.6 Å². The van der Waals surface area contributed by atoms with Gasteiger partial charge in [-0.2, -0.15) is 0 Å². The maximum absolute atomic E-state index is 13.9. The Bertz CT molecular complexity index is 560. The first-order valence-electron chi connectivity index (χ1n) is 8.87. The molecule has 1 aliphatic heterocycles. The number of guanidine groups is 1. The van der Waals surface area contributed by atoms with E-state index in [1.54, 1.807) is 6.07 Å². The zero-order chi connectivity index (χ0) is 16.8. The number of hydrogen-bond acceptors (Lipinski definition) is 3. The molecule has 0 spiro atoms. The largest absolute Gasteiger partial charge is 0.379 e. The fourth-order valence-electron chi connectivity index (χ4n) is 3.10. The molecule has 2 N–H and O–H groups in total. The van der Waals surface area contributed by atoms with E-state index in [2.05, 4.69) is 27.4 Å². The van der Waals surface area contributed by atoms with Crippen molar-refractivity contribution in [1.82, 2.24) is 15.5 Å². The molecule has 0 bridgehead atoms. The lowest BCUT2D eigenvalue weighted by Crippen LogP contribution is -2.41. The van der Waals surface area contributed by atoms with Gasteiger partial charge in [-0.15, -0.1) is 0 Å². The molecule has 0 radical (unpaired) electrons. The molecule has 3 rings (SSSR count). The summed E-state index contributed by atoms with van der Waals surface area (Å²) in [6.45, 7) is 8.17. The first kappa shape index (κ1) is 17.2. The summed E-state index contributed by atoms with van der Waals surface area (Å²) in [5, 5.41) is 6.71. The summed E-state index contributed by atoms with van der Waals surface area (Å²) in [5.41, 5.74) is 0.805. The van der Waals surface area contributed by atoms with E-state index in [1.807, 2.05) is 12.1 Å². The predicted octanol–water partition coefficient (Wildman–Crippen LogP) is 1.57. The first-order valence-corrected chi connectivity index (χ1v) is 8.87. The number of morpholine rings is 1. The number of benzene rings is 1. The third-order valence-corrected chi connectivity index (χ3v) is 4.55. The smallest absolute Gasteiger partial charge is 0.191 e. The average molecular weight is 334 g/mol. The van der Waals surface area contributed by atoms with Crippen LogP contribution in [0.1, 0.15) is 24.8 Å². The van der Waals surface area contributed by atoms with Crippen molar-refractivity contribution in [2.45, 2.75) is 25.3 Å². The van der Waals surface area contributed by atoms with Crippen LogP contribution in [0.4, 0.5) is 4.39 Å². The Hall–Kier alpha value is -1.66. The molecule has 1 saturated heterocycles. The lowest BCUT2D eigenvalue weighted by atomic mass is 10.1. The van der Waals surface area contributed by atoms with Gasteiger partial charge in [0.25, 0.3) is 0 Å². The highest BCUT2D eigenvalue weighted by Gasteiger charge is 2.40. The lowest BCUT2D eigenvalue weighted by molar-refractivity contribution is 0.0394. The Balaban J connectivity index is 1.49. The molecule has 1 saturated carbocycles. The molecule has 1 aromatic carbocycles. The van der Waals surface area contributed by atoms with Gasteiger partial charge in [-0.1, -0.05) is 18.2 Å². The van der Waals surface area contributed by atoms with Crippen LogP contribution >= 0.6 is 0 Å². The summed E-state index contributed by atoms with van der Waals surface area (Å²) >= 11 is 0. The van der Waals surface area contributed by atoms with Crippen molar-refractivity contribution in [3.8, 4) is 0 Å². The molecule has 0 amide bonds. The van der Waals surface area contributed by atoms with Gasteiger partial charge in [-0.25, -0.2) is 4.39 Å². The number of ether oxygens (including phenoxy) is 1. The van der Waals surface area contributed by atoms with Gasteiger partial charge in [0.05, 0.1) is 19.8 Å². The lowest BCUT2D eigenvalue weighted by Gasteiger charge is -2.25. The summed E-state index contributed by atoms with van der Waals surface area (Å²) in [6, 6.07) is 7.32. The zero-order valence-electron chi connectivity index (χ0n) is 14.3. The molecule has 2 fully saturated rings. The van der Waals surface area contributed by atoms with Crippen LogP contribution in [-0.2, 0) is 4.74 Å². The zero-order valence-corrected chi connectivity index (χ0v) is 14.3. The minimum atomic E-state index is -0.110. The van der Waals surface area contributed by atoms with Crippen LogP contribution in [0.5, 0.6) is 0 Å². The molecule has 2 atom stereocenters. The molecule has 2 aliphatic rings. The molecule has 2 unspecified atom stereocenters. The fraction of sp³-hybridized carbons (Fsp3) is 0.611. The molecular weight excluding hydrogens is 307 g/mol. The summed E-state index contributed by atoms with van der Waals surface area (Å²) in [6.07, 6.45) is 0.953. The Morgan fingerprint density at radius 2 is 2.12 bits per heavy atom. The number of rotatable bonds is 6. The quantitative estimate of drug-likeness (QED) is 0.612. The van der Waals surface area contributed by atoms with E-state index in [4.69, 9.17) is 4.74 Å². The molecule has 0 aromatic heterocycles. The van der Waals surface area contributed by atoms with Gasteiger partial charge in [0.1, 0.15) is 5.82 Å². The molecule has 1 aliphatic carbocycles. The van der Waals surface area contributed by atoms with Crippen molar-refractivity contribution in [1.29, 1.82) is 0 Å². The van der Waals surface area contributed by atoms with Crippen molar-refractivity contribution in [3.63, 3.8) is 0 Å². The SMILES string of the molecule is CCNC(=NCCN1CCOCC1)NC1CC1c1ccccc1F. The van der Waals surface area contributed by atoms with Gasteiger partial charge in [-0.3, -0.25) is 9.89 Å². The number of halogens is 1. The third-order valence-electron chi connectivity index (χ3n) is 4.55. The second-order valence-corrected chi connectivity index (χ2v) is 6.33. The van der Waals surface area contributed by atoms with Gasteiger partial charge in [-0.05, 0) is 25.0 Å². The second-order valence-electron chi connectivity index (χ2n) is 6.33. The molecule has 1 heterocycles. The van der Waals surface area contributed by atoms with Crippen LogP contribution in [0.2, 0.25) is 0 Å². The van der Waals surface area contributed by atoms with Gasteiger partial charge in [0, 0.05) is 38.1 Å². The summed E-state index contributed by atoms with van der Waals surface area (Å²) in [7, 11) is 0. The van der Waals surface area contributed by atoms with E-state index in [1.165, 1.54) is 6.07 Å². The van der Waals surface area contributed by atoms with Gasteiger partial charge >= 0.3 is 0 Å². The highest BCUT2D eigenvalue weighted by atomic mass is 19.1. The van der Waals surface area contributed by atoms with Crippen molar-refractivity contribution < 1.29 is 9.13 Å². The molecular formula is C18H27FN4O. The minimum absolute atomic E-state index is 0.110.